The molecule has 1 aromatic heterocycles. The van der Waals surface area contributed by atoms with Crippen molar-refractivity contribution in [2.75, 3.05) is 31.4 Å². The molecule has 3 N–H and O–H groups in total. The zero-order valence-electron chi connectivity index (χ0n) is 16.7. The third kappa shape index (κ3) is 3.87. The molecule has 1 aromatic carbocycles. The molecule has 0 radical (unpaired) electrons. The monoisotopic (exact) mass is 453 g/mol. The Hall–Kier alpha value is -2.65. The first-order valence-corrected chi connectivity index (χ1v) is 10.4. The van der Waals surface area contributed by atoms with Crippen molar-refractivity contribution in [2.45, 2.75) is 31.7 Å². The number of halogens is 3. The number of benzene rings is 1. The van der Waals surface area contributed by atoms with E-state index in [4.69, 9.17) is 22.1 Å². The highest BCUT2D eigenvalue weighted by Gasteiger charge is 2.32. The molecule has 10 heteroatoms. The first-order valence-electron chi connectivity index (χ1n) is 10.0. The molecule has 0 spiro atoms. The van der Waals surface area contributed by atoms with E-state index < -0.39 is 29.6 Å². The van der Waals surface area contributed by atoms with Gasteiger partial charge in [-0.2, -0.15) is 0 Å². The Morgan fingerprint density at radius 1 is 1.32 bits per heavy atom. The Bertz CT molecular complexity index is 1130. The number of nitrogens with zero attached hydrogens (tertiary/aromatic N) is 2. The van der Waals surface area contributed by atoms with E-state index in [0.717, 1.165) is 24.5 Å². The van der Waals surface area contributed by atoms with Crippen LogP contribution in [-0.2, 0) is 0 Å². The smallest absolute Gasteiger partial charge is 0.341 e. The summed E-state index contributed by atoms with van der Waals surface area (Å²) in [5, 5.41) is 9.86. The standard InChI is InChI=1S/C21H22ClF2N3O4/c22-15(8-25)11-3-5-26(6-4-11)18-16(24)7-13-17(20(18)31-10-23)27(12-1-2-12)9-14(19(13)28)21(29)30/h7,9,12H,1-6,8,10,25H2,(H,29,30). The lowest BCUT2D eigenvalue weighted by atomic mass is 10.0. The molecule has 31 heavy (non-hydrogen) atoms. The van der Waals surface area contributed by atoms with Crippen LogP contribution in [0.4, 0.5) is 14.5 Å². The third-order valence-corrected chi connectivity index (χ3v) is 6.24. The van der Waals surface area contributed by atoms with Crippen molar-refractivity contribution in [3.05, 3.63) is 44.5 Å². The molecule has 0 amide bonds. The summed E-state index contributed by atoms with van der Waals surface area (Å²) in [5.74, 6) is -2.25. The molecule has 1 saturated carbocycles. The van der Waals surface area contributed by atoms with Gasteiger partial charge in [0.25, 0.3) is 0 Å². The second kappa shape index (κ2) is 8.47. The van der Waals surface area contributed by atoms with Crippen LogP contribution in [0.25, 0.3) is 10.9 Å². The largest absolute Gasteiger partial charge is 0.477 e. The lowest BCUT2D eigenvalue weighted by Gasteiger charge is -2.33. The van der Waals surface area contributed by atoms with E-state index in [1.165, 1.54) is 6.20 Å². The fourth-order valence-corrected chi connectivity index (χ4v) is 4.33. The van der Waals surface area contributed by atoms with Crippen molar-refractivity contribution in [3.8, 4) is 5.75 Å². The van der Waals surface area contributed by atoms with Gasteiger partial charge >= 0.3 is 5.97 Å². The summed E-state index contributed by atoms with van der Waals surface area (Å²) in [6, 6.07) is 0.975. The van der Waals surface area contributed by atoms with Gasteiger partial charge in [-0.25, -0.2) is 13.6 Å². The Morgan fingerprint density at radius 2 is 2.00 bits per heavy atom. The first-order chi connectivity index (χ1) is 14.9. The molecule has 4 rings (SSSR count). The fourth-order valence-electron chi connectivity index (χ4n) is 4.14. The molecule has 1 aliphatic carbocycles. The van der Waals surface area contributed by atoms with Gasteiger partial charge in [0, 0.05) is 36.9 Å². The number of anilines is 1. The third-order valence-electron chi connectivity index (χ3n) is 5.81. The van der Waals surface area contributed by atoms with Crippen LogP contribution in [-0.4, -0.2) is 42.1 Å². The van der Waals surface area contributed by atoms with Gasteiger partial charge in [0.1, 0.15) is 11.3 Å². The fraction of sp³-hybridized carbons (Fsp3) is 0.429. The van der Waals surface area contributed by atoms with Gasteiger partial charge in [-0.1, -0.05) is 17.2 Å². The molecule has 0 atom stereocenters. The minimum Gasteiger partial charge on any atom is -0.477 e. The van der Waals surface area contributed by atoms with Crippen LogP contribution in [0, 0.1) is 5.82 Å². The lowest BCUT2D eigenvalue weighted by molar-refractivity contribution is 0.0694. The molecule has 7 nitrogen and oxygen atoms in total. The Morgan fingerprint density at radius 3 is 2.55 bits per heavy atom. The number of hydrogen-bond acceptors (Lipinski definition) is 5. The first kappa shape index (κ1) is 21.6. The van der Waals surface area contributed by atoms with Crippen molar-refractivity contribution >= 4 is 34.2 Å². The molecule has 2 fully saturated rings. The van der Waals surface area contributed by atoms with Gasteiger partial charge in [0.15, 0.2) is 11.6 Å². The number of carboxylic acid groups (broad SMARTS) is 1. The molecule has 0 unspecified atom stereocenters. The van der Waals surface area contributed by atoms with E-state index in [9.17, 15) is 19.1 Å². The molecule has 2 heterocycles. The Kier molecular flexibility index (Phi) is 5.90. The van der Waals surface area contributed by atoms with E-state index in [0.29, 0.717) is 31.0 Å². The Balaban J connectivity index is 1.91. The summed E-state index contributed by atoms with van der Waals surface area (Å²) in [6.07, 6.45) is 3.92. The maximum atomic E-state index is 15.3. The number of piperidine rings is 1. The van der Waals surface area contributed by atoms with Crippen molar-refractivity contribution in [1.29, 1.82) is 0 Å². The summed E-state index contributed by atoms with van der Waals surface area (Å²) in [5.41, 5.74) is 5.59. The number of nitrogens with two attached hydrogens (primary N) is 1. The maximum absolute atomic E-state index is 15.3. The van der Waals surface area contributed by atoms with E-state index in [1.807, 2.05) is 0 Å². The quantitative estimate of drug-likeness (QED) is 0.694. The normalized spacial score (nSPS) is 16.6. The maximum Gasteiger partial charge on any atom is 0.341 e. The van der Waals surface area contributed by atoms with Gasteiger partial charge < -0.3 is 25.0 Å². The predicted octanol–water partition coefficient (Wildman–Crippen LogP) is 3.53. The second-order valence-corrected chi connectivity index (χ2v) is 8.16. The summed E-state index contributed by atoms with van der Waals surface area (Å²) in [4.78, 5) is 26.0. The SMILES string of the molecule is NCC(Cl)=C1CCN(c2c(F)cc3c(=O)c(C(=O)O)cn(C4CC4)c3c2OCF)CC1. The van der Waals surface area contributed by atoms with Crippen LogP contribution in [0.1, 0.15) is 42.1 Å². The van der Waals surface area contributed by atoms with Crippen molar-refractivity contribution in [1.82, 2.24) is 4.57 Å². The van der Waals surface area contributed by atoms with E-state index in [1.54, 1.807) is 9.47 Å². The van der Waals surface area contributed by atoms with Crippen LogP contribution in [0.5, 0.6) is 5.75 Å². The van der Waals surface area contributed by atoms with Gasteiger partial charge in [0.2, 0.25) is 12.3 Å². The number of hydrogen-bond donors (Lipinski definition) is 2. The molecule has 2 aliphatic rings. The molecule has 2 aromatic rings. The zero-order chi connectivity index (χ0) is 22.3. The van der Waals surface area contributed by atoms with E-state index >= 15 is 4.39 Å². The average Bonchev–Trinajstić information content (AvgIpc) is 3.59. The number of fused-ring (bicyclic) bond motifs is 1. The summed E-state index contributed by atoms with van der Waals surface area (Å²) >= 11 is 6.15. The topological polar surface area (TPSA) is 97.8 Å². The summed E-state index contributed by atoms with van der Waals surface area (Å²) in [6.45, 7) is -0.158. The second-order valence-electron chi connectivity index (χ2n) is 7.70. The van der Waals surface area contributed by atoms with Crippen LogP contribution < -0.4 is 20.8 Å². The number of ether oxygens (including phenoxy) is 1. The minimum absolute atomic E-state index is 0.0549. The van der Waals surface area contributed by atoms with Crippen molar-refractivity contribution in [3.63, 3.8) is 0 Å². The predicted molar refractivity (Wildman–Crippen MR) is 113 cm³/mol. The number of carbonyl (C=O) groups is 1. The van der Waals surface area contributed by atoms with Crippen LogP contribution in [0.2, 0.25) is 0 Å². The van der Waals surface area contributed by atoms with Gasteiger partial charge in [-0.05, 0) is 31.7 Å². The number of pyridine rings is 1. The van der Waals surface area contributed by atoms with Crippen LogP contribution in [0.3, 0.4) is 0 Å². The van der Waals surface area contributed by atoms with Crippen LogP contribution >= 0.6 is 11.6 Å². The van der Waals surface area contributed by atoms with Crippen molar-refractivity contribution < 1.29 is 23.4 Å². The Labute approximate surface area is 181 Å². The molecular formula is C21H22ClF2N3O4. The minimum atomic E-state index is -1.40. The molecule has 1 aliphatic heterocycles. The molecule has 166 valence electrons. The number of alkyl halides is 1. The summed E-state index contributed by atoms with van der Waals surface area (Å²) < 4.78 is 35.5. The highest BCUT2D eigenvalue weighted by molar-refractivity contribution is 6.30. The number of aromatic nitrogens is 1. The highest BCUT2D eigenvalue weighted by atomic mass is 35.5. The number of carboxylic acids is 1. The number of aromatic carboxylic acids is 1. The molecular weight excluding hydrogens is 432 g/mol. The zero-order valence-corrected chi connectivity index (χ0v) is 17.4. The van der Waals surface area contributed by atoms with Gasteiger partial charge in [0.05, 0.1) is 10.9 Å². The lowest BCUT2D eigenvalue weighted by Crippen LogP contribution is -2.32. The van der Waals surface area contributed by atoms with Crippen LogP contribution in [0.15, 0.2) is 27.7 Å². The molecule has 0 bridgehead atoms. The van der Waals surface area contributed by atoms with E-state index in [-0.39, 0.29) is 34.9 Å². The highest BCUT2D eigenvalue weighted by Crippen LogP contribution is 2.44. The summed E-state index contributed by atoms with van der Waals surface area (Å²) in [7, 11) is 0. The van der Waals surface area contributed by atoms with E-state index in [2.05, 4.69) is 0 Å². The van der Waals surface area contributed by atoms with Gasteiger partial charge in [-0.3, -0.25) is 4.79 Å². The van der Waals surface area contributed by atoms with Gasteiger partial charge in [-0.15, -0.1) is 0 Å². The number of rotatable bonds is 6. The molecule has 1 saturated heterocycles. The average molecular weight is 454 g/mol. The van der Waals surface area contributed by atoms with Crippen molar-refractivity contribution in [2.24, 2.45) is 5.73 Å².